The standard InChI is InChI=1S/C24H22F3N5O/c25-24(26,27)18-6-1-4-17(14-18)20-8-7-16-5-2-13-32(22(16)30-20)23(33)29-19-9-10-28-21(15-19)31-11-3-12-31/h1,4,6-10,14-15H,2-3,5,11-13H2,(H,28,29,33). The lowest BCUT2D eigenvalue weighted by molar-refractivity contribution is -0.137. The summed E-state index contributed by atoms with van der Waals surface area (Å²) in [5.74, 6) is 1.30. The molecule has 2 amide bonds. The van der Waals surface area contributed by atoms with Crippen LogP contribution in [0.2, 0.25) is 0 Å². The van der Waals surface area contributed by atoms with E-state index in [9.17, 15) is 18.0 Å². The molecule has 5 rings (SSSR count). The Morgan fingerprint density at radius 3 is 2.61 bits per heavy atom. The van der Waals surface area contributed by atoms with Crippen molar-refractivity contribution in [3.63, 3.8) is 0 Å². The van der Waals surface area contributed by atoms with Crippen LogP contribution in [0.3, 0.4) is 0 Å². The molecule has 1 N–H and O–H groups in total. The maximum Gasteiger partial charge on any atom is 0.416 e. The van der Waals surface area contributed by atoms with Gasteiger partial charge in [-0.15, -0.1) is 0 Å². The number of amides is 2. The first-order valence-electron chi connectivity index (χ1n) is 10.9. The molecule has 4 heterocycles. The van der Waals surface area contributed by atoms with Gasteiger partial charge in [-0.05, 0) is 49.1 Å². The Hall–Kier alpha value is -3.62. The van der Waals surface area contributed by atoms with Gasteiger partial charge in [0.2, 0.25) is 0 Å². The number of alkyl halides is 3. The Bertz CT molecular complexity index is 1190. The first-order valence-corrected chi connectivity index (χ1v) is 10.9. The number of hydrogen-bond donors (Lipinski definition) is 1. The van der Waals surface area contributed by atoms with E-state index in [1.165, 1.54) is 6.07 Å². The van der Waals surface area contributed by atoms with Crippen LogP contribution in [0, 0.1) is 0 Å². The van der Waals surface area contributed by atoms with Crippen LogP contribution in [0.4, 0.5) is 35.3 Å². The number of urea groups is 1. The molecule has 0 bridgehead atoms. The van der Waals surface area contributed by atoms with Gasteiger partial charge in [-0.3, -0.25) is 4.90 Å². The molecule has 1 fully saturated rings. The molecule has 3 aromatic rings. The van der Waals surface area contributed by atoms with Crippen molar-refractivity contribution < 1.29 is 18.0 Å². The molecule has 2 aliphatic heterocycles. The summed E-state index contributed by atoms with van der Waals surface area (Å²) >= 11 is 0. The lowest BCUT2D eigenvalue weighted by Crippen LogP contribution is -2.40. The van der Waals surface area contributed by atoms with Crippen LogP contribution in [-0.4, -0.2) is 35.6 Å². The monoisotopic (exact) mass is 453 g/mol. The van der Waals surface area contributed by atoms with E-state index in [0.717, 1.165) is 55.9 Å². The molecule has 0 atom stereocenters. The van der Waals surface area contributed by atoms with E-state index in [1.54, 1.807) is 29.3 Å². The zero-order valence-electron chi connectivity index (χ0n) is 17.8. The molecule has 2 aliphatic rings. The van der Waals surface area contributed by atoms with Crippen molar-refractivity contribution in [2.75, 3.05) is 34.8 Å². The van der Waals surface area contributed by atoms with Gasteiger partial charge < -0.3 is 10.2 Å². The van der Waals surface area contributed by atoms with E-state index in [4.69, 9.17) is 0 Å². The summed E-state index contributed by atoms with van der Waals surface area (Å²) in [5, 5.41) is 2.92. The van der Waals surface area contributed by atoms with Gasteiger partial charge in [0, 0.05) is 43.1 Å². The van der Waals surface area contributed by atoms with E-state index >= 15 is 0 Å². The minimum absolute atomic E-state index is 0.328. The fourth-order valence-electron chi connectivity index (χ4n) is 4.06. The van der Waals surface area contributed by atoms with Crippen LogP contribution >= 0.6 is 0 Å². The molecule has 2 aromatic heterocycles. The lowest BCUT2D eigenvalue weighted by Gasteiger charge is -2.32. The van der Waals surface area contributed by atoms with E-state index in [-0.39, 0.29) is 6.03 Å². The number of halogens is 3. The highest BCUT2D eigenvalue weighted by Crippen LogP contribution is 2.34. The fourth-order valence-corrected chi connectivity index (χ4v) is 4.06. The molecular weight excluding hydrogens is 431 g/mol. The highest BCUT2D eigenvalue weighted by molar-refractivity contribution is 6.02. The minimum atomic E-state index is -4.43. The maximum absolute atomic E-state index is 13.1. The predicted molar refractivity (Wildman–Crippen MR) is 120 cm³/mol. The third-order valence-electron chi connectivity index (χ3n) is 5.95. The molecule has 0 saturated carbocycles. The van der Waals surface area contributed by atoms with E-state index in [0.29, 0.717) is 29.3 Å². The molecule has 1 aromatic carbocycles. The Labute approximate surface area is 189 Å². The van der Waals surface area contributed by atoms with Crippen LogP contribution < -0.4 is 15.1 Å². The SMILES string of the molecule is O=C(Nc1ccnc(N2CCC2)c1)N1CCCc2ccc(-c3cccc(C(F)(F)F)c3)nc21. The smallest absolute Gasteiger partial charge is 0.356 e. The van der Waals surface area contributed by atoms with E-state index in [1.807, 2.05) is 12.1 Å². The van der Waals surface area contributed by atoms with Crippen molar-refractivity contribution in [1.82, 2.24) is 9.97 Å². The zero-order valence-corrected chi connectivity index (χ0v) is 17.8. The summed E-state index contributed by atoms with van der Waals surface area (Å²) in [6, 6.07) is 11.9. The van der Waals surface area contributed by atoms with Crippen molar-refractivity contribution in [2.24, 2.45) is 0 Å². The van der Waals surface area contributed by atoms with E-state index in [2.05, 4.69) is 20.2 Å². The molecular formula is C24H22F3N5O. The summed E-state index contributed by atoms with van der Waals surface area (Å²) in [4.78, 5) is 25.8. The molecule has 0 radical (unpaired) electrons. The summed E-state index contributed by atoms with van der Waals surface area (Å²) in [5.41, 5.74) is 1.54. The maximum atomic E-state index is 13.1. The number of aromatic nitrogens is 2. The quantitative estimate of drug-likeness (QED) is 0.580. The van der Waals surface area contributed by atoms with Crippen LogP contribution in [0.5, 0.6) is 0 Å². The minimum Gasteiger partial charge on any atom is -0.356 e. The second-order valence-electron chi connectivity index (χ2n) is 8.19. The van der Waals surface area contributed by atoms with Crippen molar-refractivity contribution in [2.45, 2.75) is 25.4 Å². The second kappa shape index (κ2) is 8.38. The van der Waals surface area contributed by atoms with Crippen molar-refractivity contribution in [3.05, 3.63) is 65.9 Å². The van der Waals surface area contributed by atoms with Crippen LogP contribution in [0.25, 0.3) is 11.3 Å². The molecule has 0 aliphatic carbocycles. The second-order valence-corrected chi connectivity index (χ2v) is 8.19. The van der Waals surface area contributed by atoms with Crippen molar-refractivity contribution in [3.8, 4) is 11.3 Å². The number of anilines is 3. The number of nitrogens with one attached hydrogen (secondary N) is 1. The van der Waals surface area contributed by atoms with Gasteiger partial charge in [-0.1, -0.05) is 18.2 Å². The van der Waals surface area contributed by atoms with Gasteiger partial charge >= 0.3 is 12.2 Å². The number of benzene rings is 1. The first-order chi connectivity index (χ1) is 15.9. The number of rotatable bonds is 3. The van der Waals surface area contributed by atoms with Gasteiger partial charge in [-0.25, -0.2) is 14.8 Å². The highest BCUT2D eigenvalue weighted by Gasteiger charge is 2.31. The van der Waals surface area contributed by atoms with Gasteiger partial charge in [0.15, 0.2) is 0 Å². The highest BCUT2D eigenvalue weighted by atomic mass is 19.4. The van der Waals surface area contributed by atoms with Crippen molar-refractivity contribution >= 4 is 23.4 Å². The first kappa shape index (κ1) is 21.2. The van der Waals surface area contributed by atoms with Gasteiger partial charge in [0.05, 0.1) is 11.3 Å². The number of hydrogen-bond acceptors (Lipinski definition) is 4. The predicted octanol–water partition coefficient (Wildman–Crippen LogP) is 5.36. The molecule has 9 heteroatoms. The summed E-state index contributed by atoms with van der Waals surface area (Å²) < 4.78 is 39.4. The van der Waals surface area contributed by atoms with Gasteiger partial charge in [0.1, 0.15) is 11.6 Å². The van der Waals surface area contributed by atoms with E-state index < -0.39 is 11.7 Å². The molecule has 33 heavy (non-hydrogen) atoms. The summed E-state index contributed by atoms with van der Waals surface area (Å²) in [6.45, 7) is 2.38. The molecule has 6 nitrogen and oxygen atoms in total. The molecule has 0 unspecified atom stereocenters. The average Bonchev–Trinajstić information content (AvgIpc) is 2.77. The fraction of sp³-hybridized carbons (Fsp3) is 0.292. The molecule has 0 spiro atoms. The van der Waals surface area contributed by atoms with Gasteiger partial charge in [-0.2, -0.15) is 13.2 Å². The number of aryl methyl sites for hydroxylation is 1. The zero-order chi connectivity index (χ0) is 23.0. The summed E-state index contributed by atoms with van der Waals surface area (Å²) in [6.07, 6.45) is -0.112. The van der Waals surface area contributed by atoms with Crippen LogP contribution in [0.1, 0.15) is 24.0 Å². The third kappa shape index (κ3) is 4.35. The largest absolute Gasteiger partial charge is 0.416 e. The molecule has 1 saturated heterocycles. The van der Waals surface area contributed by atoms with Gasteiger partial charge in [0.25, 0.3) is 0 Å². The third-order valence-corrected chi connectivity index (χ3v) is 5.95. The normalized spacial score (nSPS) is 15.6. The number of nitrogens with zero attached hydrogens (tertiary/aromatic N) is 4. The number of carbonyl (C=O) groups is 1. The Morgan fingerprint density at radius 1 is 1.00 bits per heavy atom. The lowest BCUT2D eigenvalue weighted by atomic mass is 10.0. The Balaban J connectivity index is 1.41. The van der Waals surface area contributed by atoms with Crippen molar-refractivity contribution in [1.29, 1.82) is 0 Å². The van der Waals surface area contributed by atoms with Crippen LogP contribution in [0.15, 0.2) is 54.7 Å². The molecule has 170 valence electrons. The topological polar surface area (TPSA) is 61.4 Å². The number of carbonyl (C=O) groups excluding carboxylic acids is 1. The average molecular weight is 453 g/mol. The Kier molecular flexibility index (Phi) is 5.39. The number of fused-ring (bicyclic) bond motifs is 1. The summed E-state index contributed by atoms with van der Waals surface area (Å²) in [7, 11) is 0. The number of pyridine rings is 2. The Morgan fingerprint density at radius 2 is 1.85 bits per heavy atom. The van der Waals surface area contributed by atoms with Crippen LogP contribution in [-0.2, 0) is 12.6 Å².